The summed E-state index contributed by atoms with van der Waals surface area (Å²) in [5.41, 5.74) is 8.20. The molecule has 9 heteroatoms. The Morgan fingerprint density at radius 3 is 2.69 bits per heavy atom. The van der Waals surface area contributed by atoms with E-state index in [1.54, 1.807) is 16.0 Å². The highest BCUT2D eigenvalue weighted by Crippen LogP contribution is 2.22. The molecule has 0 amide bonds. The number of aliphatic imine (C=N–C) groups is 1. The lowest BCUT2D eigenvalue weighted by atomic mass is 10.1. The largest absolute Gasteiger partial charge is 0.382 e. The van der Waals surface area contributed by atoms with E-state index in [-0.39, 0.29) is 24.0 Å². The molecule has 3 rings (SSSR count). The molecule has 0 fully saturated rings. The van der Waals surface area contributed by atoms with Crippen molar-refractivity contribution >= 4 is 47.1 Å². The Morgan fingerprint density at radius 2 is 2.03 bits per heavy atom. The lowest BCUT2D eigenvalue weighted by molar-refractivity contribution is 0.714. The molecule has 170 valence electrons. The van der Waals surface area contributed by atoms with Crippen molar-refractivity contribution in [3.05, 3.63) is 64.0 Å². The van der Waals surface area contributed by atoms with Gasteiger partial charge in [-0.05, 0) is 43.3 Å². The van der Waals surface area contributed by atoms with Gasteiger partial charge in [-0.25, -0.2) is 4.68 Å². The highest BCUT2D eigenvalue weighted by Gasteiger charge is 2.16. The second-order valence-corrected chi connectivity index (χ2v) is 8.21. The van der Waals surface area contributed by atoms with Gasteiger partial charge in [0, 0.05) is 23.9 Å². The highest BCUT2D eigenvalue weighted by molar-refractivity contribution is 14.0. The first-order valence-electron chi connectivity index (χ1n) is 10.5. The van der Waals surface area contributed by atoms with Crippen LogP contribution in [0.1, 0.15) is 42.3 Å². The molecule has 4 N–H and O–H groups in total. The van der Waals surface area contributed by atoms with Gasteiger partial charge < -0.3 is 16.4 Å². The number of anilines is 1. The number of nitrogens with zero attached hydrogens (tertiary/aromatic N) is 4. The number of thiophene rings is 1. The van der Waals surface area contributed by atoms with Crippen LogP contribution in [0.25, 0.3) is 5.69 Å². The monoisotopic (exact) mass is 563 g/mol. The minimum Gasteiger partial charge on any atom is -0.382 e. The van der Waals surface area contributed by atoms with Crippen LogP contribution in [0.15, 0.2) is 52.8 Å². The van der Waals surface area contributed by atoms with Gasteiger partial charge in [0.25, 0.3) is 0 Å². The Balaban J connectivity index is 0.00000363. The van der Waals surface area contributed by atoms with E-state index in [1.807, 2.05) is 30.3 Å². The number of nitrogen functional groups attached to an aromatic ring is 1. The maximum Gasteiger partial charge on any atom is 0.191 e. The third-order valence-corrected chi connectivity index (χ3v) is 5.99. The maximum atomic E-state index is 9.55. The van der Waals surface area contributed by atoms with Gasteiger partial charge in [0.1, 0.15) is 17.5 Å². The summed E-state index contributed by atoms with van der Waals surface area (Å²) in [5, 5.41) is 22.9. The van der Waals surface area contributed by atoms with Gasteiger partial charge >= 0.3 is 0 Å². The van der Waals surface area contributed by atoms with Crippen molar-refractivity contribution in [2.45, 2.75) is 32.6 Å². The highest BCUT2D eigenvalue weighted by atomic mass is 127. The molecule has 32 heavy (non-hydrogen) atoms. The van der Waals surface area contributed by atoms with E-state index >= 15 is 0 Å². The number of rotatable bonds is 9. The molecule has 2 aromatic heterocycles. The number of hydrogen-bond donors (Lipinski definition) is 3. The molecule has 1 unspecified atom stereocenters. The molecule has 0 aliphatic heterocycles. The fourth-order valence-corrected chi connectivity index (χ4v) is 4.01. The number of aryl methyl sites for hydroxylation is 1. The summed E-state index contributed by atoms with van der Waals surface area (Å²) in [5.74, 6) is 1.58. The summed E-state index contributed by atoms with van der Waals surface area (Å²) in [4.78, 5) is 6.06. The topological polar surface area (TPSA) is 104 Å². The summed E-state index contributed by atoms with van der Waals surface area (Å²) in [7, 11) is 0. The van der Waals surface area contributed by atoms with Gasteiger partial charge in [-0.1, -0.05) is 31.2 Å². The van der Waals surface area contributed by atoms with Gasteiger partial charge in [-0.15, -0.1) is 35.3 Å². The zero-order chi connectivity index (χ0) is 22.1. The van der Waals surface area contributed by atoms with E-state index in [1.165, 1.54) is 4.88 Å². The molecule has 0 saturated heterocycles. The van der Waals surface area contributed by atoms with Crippen LogP contribution in [-0.4, -0.2) is 35.4 Å². The summed E-state index contributed by atoms with van der Waals surface area (Å²) >= 11 is 1.76. The van der Waals surface area contributed by atoms with Gasteiger partial charge in [-0.3, -0.25) is 4.99 Å². The fourth-order valence-electron chi connectivity index (χ4n) is 3.24. The van der Waals surface area contributed by atoms with Crippen molar-refractivity contribution in [1.82, 2.24) is 20.4 Å². The van der Waals surface area contributed by atoms with E-state index in [4.69, 9.17) is 10.7 Å². The lowest BCUT2D eigenvalue weighted by Crippen LogP contribution is -2.38. The van der Waals surface area contributed by atoms with E-state index in [9.17, 15) is 5.26 Å². The van der Waals surface area contributed by atoms with Crippen LogP contribution in [0, 0.1) is 11.3 Å². The Bertz CT molecular complexity index is 1020. The molecule has 0 aliphatic rings. The third-order valence-electron chi connectivity index (χ3n) is 4.89. The van der Waals surface area contributed by atoms with Crippen LogP contribution >= 0.6 is 35.3 Å². The van der Waals surface area contributed by atoms with E-state index in [0.29, 0.717) is 23.7 Å². The number of para-hydroxylation sites is 1. The number of guanidine groups is 1. The van der Waals surface area contributed by atoms with Crippen molar-refractivity contribution in [2.24, 2.45) is 4.99 Å². The Kier molecular flexibility index (Phi) is 10.5. The minimum absolute atomic E-state index is 0. The normalized spacial score (nSPS) is 12.0. The maximum absolute atomic E-state index is 9.55. The summed E-state index contributed by atoms with van der Waals surface area (Å²) in [6.45, 7) is 6.50. The van der Waals surface area contributed by atoms with Crippen LogP contribution < -0.4 is 16.4 Å². The average Bonchev–Trinajstić information content (AvgIpc) is 3.43. The molecule has 0 saturated carbocycles. The molecule has 3 aromatic rings. The fraction of sp³-hybridized carbons (Fsp3) is 0.348. The van der Waals surface area contributed by atoms with E-state index in [2.05, 4.69) is 53.2 Å². The molecular weight excluding hydrogens is 533 g/mol. The van der Waals surface area contributed by atoms with Crippen molar-refractivity contribution in [3.8, 4) is 11.8 Å². The predicted molar refractivity (Wildman–Crippen MR) is 143 cm³/mol. The Labute approximate surface area is 210 Å². The van der Waals surface area contributed by atoms with E-state index in [0.717, 1.165) is 43.4 Å². The number of nitrogens with one attached hydrogen (secondary N) is 2. The van der Waals surface area contributed by atoms with Crippen LogP contribution in [0.5, 0.6) is 0 Å². The number of aromatic nitrogens is 2. The van der Waals surface area contributed by atoms with Gasteiger partial charge in [0.2, 0.25) is 0 Å². The molecule has 0 radical (unpaired) electrons. The van der Waals surface area contributed by atoms with Gasteiger partial charge in [0.05, 0.1) is 17.9 Å². The summed E-state index contributed by atoms with van der Waals surface area (Å²) in [6, 6.07) is 16.1. The molecule has 1 atom stereocenters. The Hall–Kier alpha value is -2.58. The zero-order valence-electron chi connectivity index (χ0n) is 18.4. The summed E-state index contributed by atoms with van der Waals surface area (Å²) < 4.78 is 1.64. The number of benzene rings is 1. The smallest absolute Gasteiger partial charge is 0.191 e. The number of halogens is 1. The predicted octanol–water partition coefficient (Wildman–Crippen LogP) is 4.30. The Morgan fingerprint density at radius 1 is 1.25 bits per heavy atom. The molecule has 0 aliphatic carbocycles. The molecule has 0 bridgehead atoms. The van der Waals surface area contributed by atoms with Crippen LogP contribution in [0.4, 0.5) is 5.82 Å². The second kappa shape index (κ2) is 13.1. The van der Waals surface area contributed by atoms with Crippen LogP contribution in [0.3, 0.4) is 0 Å². The third kappa shape index (κ3) is 6.71. The number of nitrogens with two attached hydrogens (primary N) is 1. The SMILES string of the molecule is CCNC(=NCC(C)c1cccs1)NCCCc1nn(-c2ccccc2)c(N)c1C#N.I. The summed E-state index contributed by atoms with van der Waals surface area (Å²) in [6.07, 6.45) is 1.47. The zero-order valence-corrected chi connectivity index (χ0v) is 21.6. The van der Waals surface area contributed by atoms with Crippen molar-refractivity contribution in [2.75, 3.05) is 25.4 Å². The lowest BCUT2D eigenvalue weighted by Gasteiger charge is -2.12. The quantitative estimate of drug-likeness (QED) is 0.156. The first-order chi connectivity index (χ1) is 15.1. The number of hydrogen-bond acceptors (Lipinski definition) is 5. The molecule has 7 nitrogen and oxygen atoms in total. The van der Waals surface area contributed by atoms with Crippen molar-refractivity contribution in [3.63, 3.8) is 0 Å². The minimum atomic E-state index is 0. The van der Waals surface area contributed by atoms with Crippen molar-refractivity contribution in [1.29, 1.82) is 5.26 Å². The second-order valence-electron chi connectivity index (χ2n) is 7.23. The van der Waals surface area contributed by atoms with Crippen molar-refractivity contribution < 1.29 is 0 Å². The van der Waals surface area contributed by atoms with E-state index < -0.39 is 0 Å². The average molecular weight is 564 g/mol. The van der Waals surface area contributed by atoms with Gasteiger partial charge in [0.15, 0.2) is 5.96 Å². The van der Waals surface area contributed by atoms with Gasteiger partial charge in [-0.2, -0.15) is 10.4 Å². The molecular formula is C23H30IN7S. The number of nitriles is 1. The molecule has 0 spiro atoms. The standard InChI is InChI=1S/C23H29N7S.HI/c1-3-26-23(28-16-17(2)21-12-8-14-31-21)27-13-7-11-20-19(15-24)22(25)30(29-20)18-9-5-4-6-10-18;/h4-6,8-10,12,14,17H,3,7,11,13,16,25H2,1-2H3,(H2,26,27,28);1H. The molecule has 1 aromatic carbocycles. The first-order valence-corrected chi connectivity index (χ1v) is 11.4. The first kappa shape index (κ1) is 25.7. The van der Waals surface area contributed by atoms with Crippen LogP contribution in [-0.2, 0) is 6.42 Å². The molecule has 2 heterocycles. The van der Waals surface area contributed by atoms with Crippen LogP contribution in [0.2, 0.25) is 0 Å².